The van der Waals surface area contributed by atoms with Gasteiger partial charge >= 0.3 is 5.97 Å². The Balaban J connectivity index is 1.53. The Hall–Kier alpha value is -4.56. The number of ether oxygens (including phenoxy) is 1. The van der Waals surface area contributed by atoms with Gasteiger partial charge in [-0.2, -0.15) is 0 Å². The number of hydrogen-bond acceptors (Lipinski definition) is 8. The molecule has 3 heterocycles. The Kier molecular flexibility index (Phi) is 12.4. The Morgan fingerprint density at radius 3 is 2.54 bits per heavy atom. The molecule has 5 amide bonds. The molecule has 15 heteroatoms. The molecule has 0 bridgehead atoms. The van der Waals surface area contributed by atoms with Gasteiger partial charge in [0.15, 0.2) is 0 Å². The number of nitrogens with zero attached hydrogens (tertiary/aromatic N) is 2. The highest BCUT2D eigenvalue weighted by Gasteiger charge is 2.43. The lowest BCUT2D eigenvalue weighted by Crippen LogP contribution is -2.55. The Morgan fingerprint density at radius 1 is 1.04 bits per heavy atom. The van der Waals surface area contributed by atoms with E-state index in [1.807, 2.05) is 30.3 Å². The number of aromatic nitrogens is 1. The molecule has 5 N–H and O–H groups in total. The molecule has 2 aliphatic heterocycles. The van der Waals surface area contributed by atoms with Crippen molar-refractivity contribution in [2.75, 3.05) is 19.7 Å². The van der Waals surface area contributed by atoms with Crippen LogP contribution in [0.2, 0.25) is 5.02 Å². The molecule has 2 aromatic rings. The van der Waals surface area contributed by atoms with Crippen LogP contribution >= 0.6 is 11.6 Å². The van der Waals surface area contributed by atoms with Crippen LogP contribution in [0.25, 0.3) is 0 Å². The molecule has 4 rings (SSSR count). The Morgan fingerprint density at radius 2 is 1.83 bits per heavy atom. The second kappa shape index (κ2) is 16.7. The molecule has 2 saturated heterocycles. The minimum absolute atomic E-state index is 0.0232. The predicted octanol–water partition coefficient (Wildman–Crippen LogP) is 0.786. The molecule has 0 unspecified atom stereocenters. The van der Waals surface area contributed by atoms with Gasteiger partial charge in [0.2, 0.25) is 23.6 Å². The third-order valence-electron chi connectivity index (χ3n) is 7.68. The van der Waals surface area contributed by atoms with Crippen molar-refractivity contribution in [1.82, 2.24) is 31.2 Å². The summed E-state index contributed by atoms with van der Waals surface area (Å²) in [7, 11) is 0. The minimum Gasteiger partial charge on any atom is -0.480 e. The standard InChI is InChI=1S/C31H37ClN6O8/c32-20-9-10-22(34-15-20)28(41)35-21-14-25-29(42)37-24(31(44)45)11-12-26(39)33-13-5-4-8-23(30(43)38(25)16-21)36-27(40)18-46-17-19-6-2-1-3-7-19/h1-3,6-7,9-10,15,21,23-25H,4-5,8,11-14,16-18H2,(H,33,39)(H,35,41)(H,36,40)(H,37,42)(H,44,45)/t21-,23+,24+,25+/m1/s1. The minimum atomic E-state index is -1.38. The fraction of sp³-hybridized carbons (Fsp3) is 0.452. The monoisotopic (exact) mass is 656 g/mol. The van der Waals surface area contributed by atoms with Gasteiger partial charge in [-0.3, -0.25) is 24.0 Å². The summed E-state index contributed by atoms with van der Waals surface area (Å²) in [4.78, 5) is 82.8. The lowest BCUT2D eigenvalue weighted by Gasteiger charge is -2.29. The molecule has 1 aromatic heterocycles. The van der Waals surface area contributed by atoms with Crippen LogP contribution in [0, 0.1) is 0 Å². The number of rotatable bonds is 8. The fourth-order valence-electron chi connectivity index (χ4n) is 5.32. The first kappa shape index (κ1) is 34.3. The topological polar surface area (TPSA) is 196 Å². The normalized spacial score (nSPS) is 22.8. The summed E-state index contributed by atoms with van der Waals surface area (Å²) in [6, 6.07) is 7.91. The molecule has 46 heavy (non-hydrogen) atoms. The lowest BCUT2D eigenvalue weighted by molar-refractivity contribution is -0.145. The number of fused-ring (bicyclic) bond motifs is 1. The van der Waals surface area contributed by atoms with Gasteiger partial charge in [-0.15, -0.1) is 0 Å². The van der Waals surface area contributed by atoms with E-state index in [-0.39, 0.29) is 63.6 Å². The van der Waals surface area contributed by atoms with Crippen molar-refractivity contribution in [3.05, 3.63) is 64.9 Å². The van der Waals surface area contributed by atoms with Gasteiger partial charge < -0.3 is 36.0 Å². The number of aliphatic carboxylic acids is 1. The fourth-order valence-corrected chi connectivity index (χ4v) is 5.43. The van der Waals surface area contributed by atoms with E-state index in [9.17, 15) is 33.9 Å². The van der Waals surface area contributed by atoms with E-state index in [1.165, 1.54) is 23.2 Å². The highest BCUT2D eigenvalue weighted by Crippen LogP contribution is 2.22. The number of nitrogens with one attached hydrogen (secondary N) is 4. The zero-order valence-corrected chi connectivity index (χ0v) is 25.8. The number of carbonyl (C=O) groups is 6. The molecule has 246 valence electrons. The maximum absolute atomic E-state index is 14.0. The maximum Gasteiger partial charge on any atom is 0.326 e. The third-order valence-corrected chi connectivity index (χ3v) is 7.90. The van der Waals surface area contributed by atoms with E-state index in [0.717, 1.165) is 5.56 Å². The highest BCUT2D eigenvalue weighted by molar-refractivity contribution is 6.30. The van der Waals surface area contributed by atoms with Gasteiger partial charge in [-0.25, -0.2) is 9.78 Å². The quantitative estimate of drug-likeness (QED) is 0.273. The van der Waals surface area contributed by atoms with Crippen molar-refractivity contribution in [2.24, 2.45) is 0 Å². The van der Waals surface area contributed by atoms with Gasteiger partial charge in [0.05, 0.1) is 11.6 Å². The van der Waals surface area contributed by atoms with Crippen molar-refractivity contribution >= 4 is 47.1 Å². The largest absolute Gasteiger partial charge is 0.480 e. The smallest absolute Gasteiger partial charge is 0.326 e. The van der Waals surface area contributed by atoms with Crippen molar-refractivity contribution in [1.29, 1.82) is 0 Å². The van der Waals surface area contributed by atoms with Gasteiger partial charge in [-0.1, -0.05) is 41.9 Å². The first-order chi connectivity index (χ1) is 22.1. The Bertz CT molecular complexity index is 1410. The number of amides is 5. The molecule has 2 aliphatic rings. The summed E-state index contributed by atoms with van der Waals surface area (Å²) in [5, 5.41) is 20.7. The van der Waals surface area contributed by atoms with Crippen LogP contribution in [0.4, 0.5) is 0 Å². The van der Waals surface area contributed by atoms with Crippen LogP contribution in [-0.2, 0) is 35.3 Å². The molecule has 0 radical (unpaired) electrons. The number of halogens is 1. The SMILES string of the molecule is O=C1CC[C@@H](C(=O)O)NC(=O)[C@@H]2C[C@@H](NC(=O)c3ccc(Cl)cn3)CN2C(=O)[C@@H](NC(=O)COCc2ccccc2)CCCCN1. The van der Waals surface area contributed by atoms with E-state index < -0.39 is 53.8 Å². The van der Waals surface area contributed by atoms with Crippen LogP contribution in [0.15, 0.2) is 48.7 Å². The van der Waals surface area contributed by atoms with Crippen LogP contribution in [0.1, 0.15) is 54.6 Å². The molecule has 14 nitrogen and oxygen atoms in total. The molecule has 0 aliphatic carbocycles. The summed E-state index contributed by atoms with van der Waals surface area (Å²) in [5.74, 6) is -4.11. The summed E-state index contributed by atoms with van der Waals surface area (Å²) in [5.41, 5.74) is 0.948. The van der Waals surface area contributed by atoms with Crippen LogP contribution in [-0.4, -0.2) is 94.4 Å². The average Bonchev–Trinajstić information content (AvgIpc) is 3.45. The molecule has 0 saturated carbocycles. The zero-order valence-electron chi connectivity index (χ0n) is 25.1. The third kappa shape index (κ3) is 9.97. The molecule has 2 fully saturated rings. The van der Waals surface area contributed by atoms with Gasteiger partial charge in [0, 0.05) is 31.7 Å². The predicted molar refractivity (Wildman–Crippen MR) is 164 cm³/mol. The van der Waals surface area contributed by atoms with Crippen LogP contribution in [0.5, 0.6) is 0 Å². The van der Waals surface area contributed by atoms with E-state index in [2.05, 4.69) is 26.3 Å². The van der Waals surface area contributed by atoms with E-state index in [1.54, 1.807) is 0 Å². The molecular weight excluding hydrogens is 620 g/mol. The summed E-state index contributed by atoms with van der Waals surface area (Å²) < 4.78 is 5.53. The molecule has 1 aromatic carbocycles. The summed E-state index contributed by atoms with van der Waals surface area (Å²) >= 11 is 5.87. The first-order valence-corrected chi connectivity index (χ1v) is 15.4. The number of pyridine rings is 1. The number of carbonyl (C=O) groups excluding carboxylic acids is 5. The number of hydrogen-bond donors (Lipinski definition) is 5. The number of carboxylic acid groups (broad SMARTS) is 1. The summed E-state index contributed by atoms with van der Waals surface area (Å²) in [6.07, 6.45) is 2.15. The second-order valence-electron chi connectivity index (χ2n) is 11.2. The van der Waals surface area contributed by atoms with Gasteiger partial charge in [-0.05, 0) is 49.8 Å². The van der Waals surface area contributed by atoms with Gasteiger partial charge in [0.25, 0.3) is 5.91 Å². The van der Waals surface area contributed by atoms with Crippen molar-refractivity contribution in [3.63, 3.8) is 0 Å². The van der Waals surface area contributed by atoms with E-state index in [4.69, 9.17) is 16.3 Å². The van der Waals surface area contributed by atoms with Crippen molar-refractivity contribution in [2.45, 2.75) is 69.3 Å². The first-order valence-electron chi connectivity index (χ1n) is 15.0. The van der Waals surface area contributed by atoms with E-state index in [0.29, 0.717) is 17.9 Å². The summed E-state index contributed by atoms with van der Waals surface area (Å²) in [6.45, 7) is 0.0866. The average molecular weight is 657 g/mol. The van der Waals surface area contributed by atoms with Crippen molar-refractivity contribution in [3.8, 4) is 0 Å². The highest BCUT2D eigenvalue weighted by atomic mass is 35.5. The van der Waals surface area contributed by atoms with Crippen LogP contribution in [0.3, 0.4) is 0 Å². The zero-order chi connectivity index (χ0) is 33.1. The molecular formula is C31H37ClN6O8. The number of benzene rings is 1. The lowest BCUT2D eigenvalue weighted by atomic mass is 10.1. The van der Waals surface area contributed by atoms with E-state index >= 15 is 0 Å². The molecule has 4 atom stereocenters. The Labute approximate surface area is 270 Å². The van der Waals surface area contributed by atoms with Crippen molar-refractivity contribution < 1.29 is 38.6 Å². The van der Waals surface area contributed by atoms with Gasteiger partial charge in [0.1, 0.15) is 30.4 Å². The number of carboxylic acids is 1. The molecule has 0 spiro atoms. The van der Waals surface area contributed by atoms with Crippen LogP contribution < -0.4 is 21.3 Å². The second-order valence-corrected chi connectivity index (χ2v) is 11.6. The maximum atomic E-state index is 14.0.